The van der Waals surface area contributed by atoms with Crippen LogP contribution >= 0.6 is 11.6 Å². The molecule has 2 nitrogen and oxygen atoms in total. The summed E-state index contributed by atoms with van der Waals surface area (Å²) in [5, 5.41) is 0.499. The highest BCUT2D eigenvalue weighted by Gasteiger charge is 2.18. The number of hydrogen-bond donors (Lipinski definition) is 0. The zero-order valence-electron chi connectivity index (χ0n) is 9.43. The fraction of sp³-hybridized carbons (Fsp3) is 0.143. The van der Waals surface area contributed by atoms with E-state index in [2.05, 4.69) is 4.98 Å². The Morgan fingerprint density at radius 1 is 1.18 bits per heavy atom. The van der Waals surface area contributed by atoms with Crippen LogP contribution in [-0.2, 0) is 0 Å². The number of ketones is 1. The van der Waals surface area contributed by atoms with E-state index < -0.39 is 0 Å². The predicted molar refractivity (Wildman–Crippen MR) is 68.4 cm³/mol. The predicted octanol–water partition coefficient (Wildman–Crippen LogP) is 3.72. The summed E-state index contributed by atoms with van der Waals surface area (Å²) in [7, 11) is 0. The van der Waals surface area contributed by atoms with Crippen LogP contribution in [0.4, 0.5) is 0 Å². The van der Waals surface area contributed by atoms with Crippen molar-refractivity contribution >= 4 is 17.4 Å². The van der Waals surface area contributed by atoms with Crippen LogP contribution in [0, 0.1) is 0 Å². The minimum Gasteiger partial charge on any atom is -0.293 e. The molecule has 0 spiro atoms. The quantitative estimate of drug-likeness (QED) is 0.772. The van der Waals surface area contributed by atoms with Crippen molar-refractivity contribution in [1.82, 2.24) is 4.98 Å². The third-order valence-electron chi connectivity index (χ3n) is 2.74. The van der Waals surface area contributed by atoms with Crippen LogP contribution in [-0.4, -0.2) is 10.8 Å². The first-order valence-corrected chi connectivity index (χ1v) is 5.76. The molecule has 0 aliphatic heterocycles. The van der Waals surface area contributed by atoms with Gasteiger partial charge in [0, 0.05) is 23.9 Å². The lowest BCUT2D eigenvalue weighted by Crippen LogP contribution is -2.10. The molecule has 1 heterocycles. The molecule has 1 aromatic heterocycles. The topological polar surface area (TPSA) is 30.0 Å². The number of halogens is 1. The van der Waals surface area contributed by atoms with E-state index in [1.807, 2.05) is 31.2 Å². The molecule has 1 aromatic carbocycles. The summed E-state index contributed by atoms with van der Waals surface area (Å²) in [6.07, 6.45) is 3.37. The van der Waals surface area contributed by atoms with Crippen LogP contribution in [0.1, 0.15) is 28.8 Å². The zero-order valence-corrected chi connectivity index (χ0v) is 10.2. The highest BCUT2D eigenvalue weighted by atomic mass is 35.5. The number of rotatable bonds is 3. The van der Waals surface area contributed by atoms with Crippen LogP contribution in [0.15, 0.2) is 48.8 Å². The maximum Gasteiger partial charge on any atom is 0.171 e. The van der Waals surface area contributed by atoms with Crippen molar-refractivity contribution in [2.45, 2.75) is 12.8 Å². The van der Waals surface area contributed by atoms with Gasteiger partial charge in [-0.25, -0.2) is 0 Å². The number of pyridine rings is 1. The highest BCUT2D eigenvalue weighted by molar-refractivity contribution is 6.34. The molecule has 0 aliphatic rings. The van der Waals surface area contributed by atoms with Gasteiger partial charge in [0.1, 0.15) is 0 Å². The Kier molecular flexibility index (Phi) is 3.55. The van der Waals surface area contributed by atoms with Crippen molar-refractivity contribution in [3.8, 4) is 0 Å². The summed E-state index contributed by atoms with van der Waals surface area (Å²) >= 11 is 6.02. The normalized spacial score (nSPS) is 12.1. The van der Waals surface area contributed by atoms with Crippen molar-refractivity contribution in [2.24, 2.45) is 0 Å². The minimum absolute atomic E-state index is 0.0294. The Morgan fingerprint density at radius 3 is 2.47 bits per heavy atom. The maximum atomic E-state index is 12.3. The Hall–Kier alpha value is -1.67. The molecule has 0 saturated carbocycles. The minimum atomic E-state index is -0.210. The van der Waals surface area contributed by atoms with Crippen molar-refractivity contribution in [1.29, 1.82) is 0 Å². The lowest BCUT2D eigenvalue weighted by Gasteiger charge is -2.11. The summed E-state index contributed by atoms with van der Waals surface area (Å²) < 4.78 is 0. The Morgan fingerprint density at radius 2 is 1.82 bits per heavy atom. The second-order valence-corrected chi connectivity index (χ2v) is 4.25. The second kappa shape index (κ2) is 5.11. The lowest BCUT2D eigenvalue weighted by molar-refractivity contribution is 0.0966. The van der Waals surface area contributed by atoms with Gasteiger partial charge >= 0.3 is 0 Å². The molecule has 1 atom stereocenters. The average molecular weight is 246 g/mol. The number of carbonyl (C=O) groups is 1. The first-order chi connectivity index (χ1) is 8.20. The molecule has 0 N–H and O–H groups in total. The molecule has 0 radical (unpaired) electrons. The van der Waals surface area contributed by atoms with E-state index in [4.69, 9.17) is 11.6 Å². The third-order valence-corrected chi connectivity index (χ3v) is 3.07. The monoisotopic (exact) mass is 245 g/mol. The van der Waals surface area contributed by atoms with Crippen molar-refractivity contribution < 1.29 is 4.79 Å². The SMILES string of the molecule is CC(C(=O)c1ccccc1Cl)c1ccncc1. The highest BCUT2D eigenvalue weighted by Crippen LogP contribution is 2.24. The number of benzene rings is 1. The standard InChI is InChI=1S/C14H12ClNO/c1-10(11-6-8-16-9-7-11)14(17)12-4-2-3-5-13(12)15/h2-10H,1H3. The van der Waals surface area contributed by atoms with Crippen molar-refractivity contribution in [3.63, 3.8) is 0 Å². The van der Waals surface area contributed by atoms with E-state index in [1.165, 1.54) is 0 Å². The first-order valence-electron chi connectivity index (χ1n) is 5.39. The van der Waals surface area contributed by atoms with Crippen LogP contribution < -0.4 is 0 Å². The Balaban J connectivity index is 2.30. The van der Waals surface area contributed by atoms with Crippen molar-refractivity contribution in [2.75, 3.05) is 0 Å². The number of hydrogen-bond acceptors (Lipinski definition) is 2. The van der Waals surface area contributed by atoms with E-state index in [9.17, 15) is 4.79 Å². The van der Waals surface area contributed by atoms with Gasteiger partial charge in [0.05, 0.1) is 5.02 Å². The van der Waals surface area contributed by atoms with Gasteiger partial charge in [-0.3, -0.25) is 9.78 Å². The molecule has 0 amide bonds. The van der Waals surface area contributed by atoms with Crippen LogP contribution in [0.3, 0.4) is 0 Å². The molecule has 0 bridgehead atoms. The van der Waals surface area contributed by atoms with Crippen LogP contribution in [0.2, 0.25) is 5.02 Å². The van der Waals surface area contributed by atoms with Crippen LogP contribution in [0.25, 0.3) is 0 Å². The van der Waals surface area contributed by atoms with Gasteiger partial charge in [0.25, 0.3) is 0 Å². The van der Waals surface area contributed by atoms with Crippen LogP contribution in [0.5, 0.6) is 0 Å². The molecule has 2 rings (SSSR count). The van der Waals surface area contributed by atoms with E-state index in [1.54, 1.807) is 24.5 Å². The molecule has 0 fully saturated rings. The molecule has 3 heteroatoms. The fourth-order valence-corrected chi connectivity index (χ4v) is 1.93. The summed E-state index contributed by atoms with van der Waals surface area (Å²) in [4.78, 5) is 16.2. The number of nitrogens with zero attached hydrogens (tertiary/aromatic N) is 1. The molecular formula is C14H12ClNO. The van der Waals surface area contributed by atoms with Gasteiger partial charge in [-0.2, -0.15) is 0 Å². The number of Topliss-reactive ketones (excluding diaryl/α,β-unsaturated/α-hetero) is 1. The van der Waals surface area contributed by atoms with E-state index in [0.29, 0.717) is 10.6 Å². The number of carbonyl (C=O) groups excluding carboxylic acids is 1. The zero-order chi connectivity index (χ0) is 12.3. The largest absolute Gasteiger partial charge is 0.293 e. The van der Waals surface area contributed by atoms with Gasteiger partial charge in [-0.1, -0.05) is 30.7 Å². The summed E-state index contributed by atoms with van der Waals surface area (Å²) in [5.74, 6) is -0.181. The van der Waals surface area contributed by atoms with E-state index >= 15 is 0 Å². The van der Waals surface area contributed by atoms with Gasteiger partial charge in [0.2, 0.25) is 0 Å². The average Bonchev–Trinajstić information content (AvgIpc) is 2.39. The smallest absolute Gasteiger partial charge is 0.171 e. The second-order valence-electron chi connectivity index (χ2n) is 3.85. The summed E-state index contributed by atoms with van der Waals surface area (Å²) in [6, 6.07) is 10.8. The lowest BCUT2D eigenvalue weighted by atomic mass is 9.93. The van der Waals surface area contributed by atoms with E-state index in [-0.39, 0.29) is 11.7 Å². The molecular weight excluding hydrogens is 234 g/mol. The van der Waals surface area contributed by atoms with Gasteiger partial charge in [-0.05, 0) is 29.8 Å². The van der Waals surface area contributed by atoms with Gasteiger partial charge < -0.3 is 0 Å². The summed E-state index contributed by atoms with van der Waals surface area (Å²) in [6.45, 7) is 1.88. The molecule has 0 aliphatic carbocycles. The Bertz CT molecular complexity index is 525. The number of aromatic nitrogens is 1. The van der Waals surface area contributed by atoms with Gasteiger partial charge in [-0.15, -0.1) is 0 Å². The Labute approximate surface area is 105 Å². The molecule has 86 valence electrons. The molecule has 17 heavy (non-hydrogen) atoms. The maximum absolute atomic E-state index is 12.3. The first kappa shape index (κ1) is 11.8. The molecule has 1 unspecified atom stereocenters. The molecule has 2 aromatic rings. The molecule has 0 saturated heterocycles. The summed E-state index contributed by atoms with van der Waals surface area (Å²) in [5.41, 5.74) is 1.52. The third kappa shape index (κ3) is 2.53. The van der Waals surface area contributed by atoms with E-state index in [0.717, 1.165) is 5.56 Å². The van der Waals surface area contributed by atoms with Gasteiger partial charge in [0.15, 0.2) is 5.78 Å². The van der Waals surface area contributed by atoms with Crippen molar-refractivity contribution in [3.05, 3.63) is 64.9 Å². The fourth-order valence-electron chi connectivity index (χ4n) is 1.70.